The number of aryl methyl sites for hydroxylation is 1. The van der Waals surface area contributed by atoms with E-state index in [1.807, 2.05) is 13.1 Å². The molecule has 1 aromatic rings. The fourth-order valence-corrected chi connectivity index (χ4v) is 2.42. The van der Waals surface area contributed by atoms with Crippen molar-refractivity contribution in [2.75, 3.05) is 25.5 Å². The van der Waals surface area contributed by atoms with Crippen molar-refractivity contribution in [2.45, 2.75) is 26.3 Å². The summed E-state index contributed by atoms with van der Waals surface area (Å²) in [6, 6.07) is 2.39. The third kappa shape index (κ3) is 2.76. The lowest BCUT2D eigenvalue weighted by molar-refractivity contribution is 0.177. The summed E-state index contributed by atoms with van der Waals surface area (Å²) in [6.45, 7) is 6.75. The van der Waals surface area contributed by atoms with E-state index in [0.29, 0.717) is 11.7 Å². The van der Waals surface area contributed by atoms with Crippen molar-refractivity contribution in [1.82, 2.24) is 10.3 Å². The van der Waals surface area contributed by atoms with Crippen molar-refractivity contribution in [2.24, 2.45) is 5.92 Å². The molecule has 1 fully saturated rings. The Morgan fingerprint density at radius 1 is 1.65 bits per heavy atom. The first kappa shape index (κ1) is 12.3. The minimum absolute atomic E-state index is 0.259. The largest absolute Gasteiger partial charge is 0.383 e. The van der Waals surface area contributed by atoms with Gasteiger partial charge in [-0.05, 0) is 31.5 Å². The van der Waals surface area contributed by atoms with Gasteiger partial charge in [-0.15, -0.1) is 0 Å². The number of anilines is 1. The minimum Gasteiger partial charge on any atom is -0.383 e. The molecule has 0 saturated carbocycles. The van der Waals surface area contributed by atoms with E-state index in [-0.39, 0.29) is 6.04 Å². The van der Waals surface area contributed by atoms with Gasteiger partial charge in [-0.2, -0.15) is 0 Å². The summed E-state index contributed by atoms with van der Waals surface area (Å²) in [5, 5.41) is 3.51. The van der Waals surface area contributed by atoms with E-state index in [0.717, 1.165) is 37.3 Å². The maximum absolute atomic E-state index is 6.00. The Morgan fingerprint density at radius 3 is 3.12 bits per heavy atom. The second-order valence-electron chi connectivity index (χ2n) is 4.65. The fourth-order valence-electron chi connectivity index (χ4n) is 2.42. The standard InChI is InChI=1S/C13H21N3O/c1-3-15-12(10-4-5-17-8-10)11-6-9(2)7-16-13(11)14/h6-7,10,12,15H,3-5,8H2,1-2H3,(H2,14,16). The summed E-state index contributed by atoms with van der Waals surface area (Å²) < 4.78 is 5.47. The summed E-state index contributed by atoms with van der Waals surface area (Å²) >= 11 is 0. The molecule has 0 aliphatic carbocycles. The molecule has 2 heterocycles. The van der Waals surface area contributed by atoms with Crippen molar-refractivity contribution in [1.29, 1.82) is 0 Å². The van der Waals surface area contributed by atoms with Crippen LogP contribution in [0, 0.1) is 12.8 Å². The predicted octanol–water partition coefficient (Wildman–Crippen LogP) is 1.66. The minimum atomic E-state index is 0.259. The van der Waals surface area contributed by atoms with Gasteiger partial charge in [0.1, 0.15) is 5.82 Å². The third-order valence-corrected chi connectivity index (χ3v) is 3.28. The number of hydrogen-bond acceptors (Lipinski definition) is 4. The average molecular weight is 235 g/mol. The highest BCUT2D eigenvalue weighted by molar-refractivity contribution is 5.43. The summed E-state index contributed by atoms with van der Waals surface area (Å²) in [6.07, 6.45) is 2.90. The van der Waals surface area contributed by atoms with Gasteiger partial charge in [0.25, 0.3) is 0 Å². The van der Waals surface area contributed by atoms with Crippen molar-refractivity contribution < 1.29 is 4.74 Å². The maximum Gasteiger partial charge on any atom is 0.128 e. The number of nitrogen functional groups attached to an aromatic ring is 1. The van der Waals surface area contributed by atoms with Gasteiger partial charge in [-0.25, -0.2) is 4.98 Å². The Morgan fingerprint density at radius 2 is 2.47 bits per heavy atom. The first-order chi connectivity index (χ1) is 8.22. The first-order valence-corrected chi connectivity index (χ1v) is 6.25. The molecule has 2 rings (SSSR count). The lowest BCUT2D eigenvalue weighted by Gasteiger charge is -2.24. The van der Waals surface area contributed by atoms with Gasteiger partial charge in [0.2, 0.25) is 0 Å². The molecule has 0 spiro atoms. The zero-order valence-corrected chi connectivity index (χ0v) is 10.6. The van der Waals surface area contributed by atoms with Gasteiger partial charge in [-0.1, -0.05) is 6.92 Å². The summed E-state index contributed by atoms with van der Waals surface area (Å²) in [7, 11) is 0. The number of ether oxygens (including phenoxy) is 1. The number of hydrogen-bond donors (Lipinski definition) is 2. The van der Waals surface area contributed by atoms with Crippen LogP contribution in [0.2, 0.25) is 0 Å². The molecule has 1 aliphatic rings. The first-order valence-electron chi connectivity index (χ1n) is 6.25. The smallest absolute Gasteiger partial charge is 0.128 e. The van der Waals surface area contributed by atoms with Crippen LogP contribution in [-0.2, 0) is 4.74 Å². The highest BCUT2D eigenvalue weighted by atomic mass is 16.5. The maximum atomic E-state index is 6.00. The van der Waals surface area contributed by atoms with Crippen LogP contribution in [0.1, 0.15) is 30.5 Å². The molecular weight excluding hydrogens is 214 g/mol. The highest BCUT2D eigenvalue weighted by Gasteiger charge is 2.28. The van der Waals surface area contributed by atoms with Gasteiger partial charge in [0, 0.05) is 30.3 Å². The highest BCUT2D eigenvalue weighted by Crippen LogP contribution is 2.31. The van der Waals surface area contributed by atoms with Crippen LogP contribution < -0.4 is 11.1 Å². The molecule has 0 bridgehead atoms. The Labute approximate surface area is 103 Å². The molecule has 4 heteroatoms. The molecule has 0 amide bonds. The zero-order valence-electron chi connectivity index (χ0n) is 10.6. The van der Waals surface area contributed by atoms with E-state index >= 15 is 0 Å². The molecule has 2 unspecified atom stereocenters. The number of nitrogens with zero attached hydrogens (tertiary/aromatic N) is 1. The van der Waals surface area contributed by atoms with Crippen LogP contribution in [0.25, 0.3) is 0 Å². The van der Waals surface area contributed by atoms with Crippen LogP contribution in [0.3, 0.4) is 0 Å². The SMILES string of the molecule is CCNC(c1cc(C)cnc1N)C1CCOC1. The van der Waals surface area contributed by atoms with Crippen LogP contribution in [0.4, 0.5) is 5.82 Å². The van der Waals surface area contributed by atoms with Crippen LogP contribution in [0.5, 0.6) is 0 Å². The van der Waals surface area contributed by atoms with Crippen LogP contribution in [-0.4, -0.2) is 24.7 Å². The third-order valence-electron chi connectivity index (χ3n) is 3.28. The molecule has 3 N–H and O–H groups in total. The van der Waals surface area contributed by atoms with Crippen molar-refractivity contribution in [3.63, 3.8) is 0 Å². The Balaban J connectivity index is 2.27. The van der Waals surface area contributed by atoms with Gasteiger partial charge < -0.3 is 15.8 Å². The second kappa shape index (κ2) is 5.47. The molecule has 0 aromatic carbocycles. The lowest BCUT2D eigenvalue weighted by atomic mass is 9.92. The Hall–Kier alpha value is -1.13. The van der Waals surface area contributed by atoms with E-state index in [2.05, 4.69) is 23.3 Å². The fraction of sp³-hybridized carbons (Fsp3) is 0.615. The van der Waals surface area contributed by atoms with Gasteiger partial charge in [0.15, 0.2) is 0 Å². The number of rotatable bonds is 4. The van der Waals surface area contributed by atoms with Crippen LogP contribution in [0.15, 0.2) is 12.3 Å². The van der Waals surface area contributed by atoms with Crippen molar-refractivity contribution in [3.05, 3.63) is 23.4 Å². The lowest BCUT2D eigenvalue weighted by Crippen LogP contribution is -2.29. The van der Waals surface area contributed by atoms with Gasteiger partial charge >= 0.3 is 0 Å². The summed E-state index contributed by atoms with van der Waals surface area (Å²) in [5.41, 5.74) is 8.26. The molecule has 1 aliphatic heterocycles. The molecule has 1 saturated heterocycles. The van der Waals surface area contributed by atoms with E-state index < -0.39 is 0 Å². The van der Waals surface area contributed by atoms with Crippen LogP contribution >= 0.6 is 0 Å². The topological polar surface area (TPSA) is 60.2 Å². The summed E-state index contributed by atoms with van der Waals surface area (Å²) in [5.74, 6) is 1.13. The molecule has 94 valence electrons. The molecule has 1 aromatic heterocycles. The van der Waals surface area contributed by atoms with Crippen molar-refractivity contribution >= 4 is 5.82 Å². The summed E-state index contributed by atoms with van der Waals surface area (Å²) in [4.78, 5) is 4.25. The van der Waals surface area contributed by atoms with E-state index in [1.165, 1.54) is 0 Å². The van der Waals surface area contributed by atoms with Crippen molar-refractivity contribution in [3.8, 4) is 0 Å². The Kier molecular flexibility index (Phi) is 3.97. The van der Waals surface area contributed by atoms with Gasteiger partial charge in [0.05, 0.1) is 6.61 Å². The monoisotopic (exact) mass is 235 g/mol. The Bertz CT molecular complexity index is 375. The average Bonchev–Trinajstić information content (AvgIpc) is 2.83. The zero-order chi connectivity index (χ0) is 12.3. The second-order valence-corrected chi connectivity index (χ2v) is 4.65. The predicted molar refractivity (Wildman–Crippen MR) is 68.7 cm³/mol. The number of pyridine rings is 1. The molecule has 2 atom stereocenters. The molecule has 4 nitrogen and oxygen atoms in total. The van der Waals surface area contributed by atoms with Gasteiger partial charge in [-0.3, -0.25) is 0 Å². The molecule has 0 radical (unpaired) electrons. The number of nitrogens with two attached hydrogens (primary N) is 1. The van der Waals surface area contributed by atoms with E-state index in [4.69, 9.17) is 10.5 Å². The number of aromatic nitrogens is 1. The quantitative estimate of drug-likeness (QED) is 0.833. The normalized spacial score (nSPS) is 21.6. The molecular formula is C13H21N3O. The van der Waals surface area contributed by atoms with E-state index in [1.54, 1.807) is 0 Å². The van der Waals surface area contributed by atoms with E-state index in [9.17, 15) is 0 Å². The molecule has 17 heavy (non-hydrogen) atoms. The number of nitrogens with one attached hydrogen (secondary N) is 1.